The summed E-state index contributed by atoms with van der Waals surface area (Å²) in [6.07, 6.45) is 1.39. The van der Waals surface area contributed by atoms with Crippen molar-refractivity contribution in [1.82, 2.24) is 9.88 Å². The smallest absolute Gasteiger partial charge is 0.337 e. The molecule has 3 rings (SSSR count). The van der Waals surface area contributed by atoms with Crippen LogP contribution in [0.15, 0.2) is 12.1 Å². The fraction of sp³-hybridized carbons (Fsp3) is 0.455. The largest absolute Gasteiger partial charge is 0.493 e. The second-order valence-corrected chi connectivity index (χ2v) is 9.03. The lowest BCUT2D eigenvalue weighted by Crippen LogP contribution is -2.44. The maximum Gasteiger partial charge on any atom is 0.337 e. The Balaban J connectivity index is 1.64. The Bertz CT molecular complexity index is 1030. The van der Waals surface area contributed by atoms with E-state index in [1.165, 1.54) is 37.7 Å². The van der Waals surface area contributed by atoms with Crippen LogP contribution in [0.25, 0.3) is 0 Å². The molecule has 1 fully saturated rings. The number of hydrogen-bond acceptors (Lipinski definition) is 8. The van der Waals surface area contributed by atoms with Crippen LogP contribution in [-0.2, 0) is 9.59 Å². The highest BCUT2D eigenvalue weighted by Crippen LogP contribution is 2.34. The van der Waals surface area contributed by atoms with Crippen LogP contribution < -0.4 is 20.1 Å². The van der Waals surface area contributed by atoms with E-state index in [-0.39, 0.29) is 41.3 Å². The zero-order valence-electron chi connectivity index (χ0n) is 19.1. The maximum atomic E-state index is 12.9. The number of benzene rings is 1. The fourth-order valence-corrected chi connectivity index (χ4v) is 4.53. The minimum Gasteiger partial charge on any atom is -0.493 e. The molecule has 0 radical (unpaired) electrons. The van der Waals surface area contributed by atoms with Crippen LogP contribution in [0.5, 0.6) is 11.5 Å². The molecule has 1 aliphatic rings. The topological polar surface area (TPSA) is 130 Å². The van der Waals surface area contributed by atoms with Gasteiger partial charge in [-0.3, -0.25) is 14.5 Å². The Morgan fingerprint density at radius 3 is 2.48 bits per heavy atom. The summed E-state index contributed by atoms with van der Waals surface area (Å²) in [5.74, 6) is -1.49. The van der Waals surface area contributed by atoms with Crippen molar-refractivity contribution >= 4 is 39.9 Å². The van der Waals surface area contributed by atoms with Gasteiger partial charge in [0.2, 0.25) is 11.8 Å². The predicted octanol–water partition coefficient (Wildman–Crippen LogP) is 2.76. The number of carbonyl (C=O) groups is 3. The SMILES string of the molecule is COc1cc(NC(=O)C2CCCN(CC(=O)Nc3nc(C)c(C)s3)C2)c(C(=O)O)cc1OC. The van der Waals surface area contributed by atoms with Crippen molar-refractivity contribution in [3.8, 4) is 11.5 Å². The molecular formula is C22H28N4O6S. The molecule has 1 atom stereocenters. The van der Waals surface area contributed by atoms with Crippen LogP contribution in [0.4, 0.5) is 10.8 Å². The summed E-state index contributed by atoms with van der Waals surface area (Å²) < 4.78 is 10.4. The number of carboxylic acids is 1. The molecule has 1 aromatic heterocycles. The summed E-state index contributed by atoms with van der Waals surface area (Å²) in [6, 6.07) is 2.75. The summed E-state index contributed by atoms with van der Waals surface area (Å²) >= 11 is 1.43. The molecule has 33 heavy (non-hydrogen) atoms. The molecule has 10 nitrogen and oxygen atoms in total. The lowest BCUT2D eigenvalue weighted by Gasteiger charge is -2.31. The number of ether oxygens (including phenoxy) is 2. The molecule has 2 amide bonds. The Morgan fingerprint density at radius 2 is 1.88 bits per heavy atom. The normalized spacial score (nSPS) is 16.2. The van der Waals surface area contributed by atoms with Crippen molar-refractivity contribution < 1.29 is 29.0 Å². The predicted molar refractivity (Wildman–Crippen MR) is 125 cm³/mol. The van der Waals surface area contributed by atoms with E-state index in [9.17, 15) is 19.5 Å². The Morgan fingerprint density at radius 1 is 1.18 bits per heavy atom. The van der Waals surface area contributed by atoms with Gasteiger partial charge >= 0.3 is 5.97 Å². The minimum atomic E-state index is -1.19. The number of nitrogens with zero attached hydrogens (tertiary/aromatic N) is 2. The van der Waals surface area contributed by atoms with Crippen LogP contribution in [-0.4, -0.2) is 66.6 Å². The number of anilines is 2. The molecule has 178 valence electrons. The van der Waals surface area contributed by atoms with Crippen molar-refractivity contribution in [3.63, 3.8) is 0 Å². The first-order chi connectivity index (χ1) is 15.7. The van der Waals surface area contributed by atoms with Crippen molar-refractivity contribution in [2.45, 2.75) is 26.7 Å². The van der Waals surface area contributed by atoms with Gasteiger partial charge < -0.3 is 25.2 Å². The monoisotopic (exact) mass is 476 g/mol. The van der Waals surface area contributed by atoms with E-state index in [4.69, 9.17) is 9.47 Å². The second kappa shape index (κ2) is 10.6. The number of amides is 2. The number of nitrogens with one attached hydrogen (secondary N) is 2. The van der Waals surface area contributed by atoms with Gasteiger partial charge in [-0.25, -0.2) is 9.78 Å². The van der Waals surface area contributed by atoms with Gasteiger partial charge in [0.15, 0.2) is 16.6 Å². The molecule has 1 aromatic carbocycles. The maximum absolute atomic E-state index is 12.9. The van der Waals surface area contributed by atoms with E-state index in [2.05, 4.69) is 15.6 Å². The number of rotatable bonds is 8. The van der Waals surface area contributed by atoms with Gasteiger partial charge in [-0.1, -0.05) is 0 Å². The molecule has 0 saturated carbocycles. The van der Waals surface area contributed by atoms with Gasteiger partial charge in [-0.2, -0.15) is 0 Å². The van der Waals surface area contributed by atoms with Gasteiger partial charge in [-0.15, -0.1) is 11.3 Å². The first kappa shape index (κ1) is 24.5. The summed E-state index contributed by atoms with van der Waals surface area (Å²) in [5, 5.41) is 15.6. The number of thiazole rings is 1. The molecule has 2 heterocycles. The number of carbonyl (C=O) groups excluding carboxylic acids is 2. The van der Waals surface area contributed by atoms with Crippen molar-refractivity contribution in [2.75, 3.05) is 44.5 Å². The van der Waals surface area contributed by atoms with Crippen LogP contribution in [0, 0.1) is 19.8 Å². The average Bonchev–Trinajstić information content (AvgIpc) is 3.09. The highest BCUT2D eigenvalue weighted by atomic mass is 32.1. The molecule has 11 heteroatoms. The number of carboxylic acid groups (broad SMARTS) is 1. The van der Waals surface area contributed by atoms with Gasteiger partial charge in [0.05, 0.1) is 43.6 Å². The summed E-state index contributed by atoms with van der Waals surface area (Å²) in [4.78, 5) is 44.4. The molecule has 1 unspecified atom stereocenters. The van der Waals surface area contributed by atoms with Crippen molar-refractivity contribution in [1.29, 1.82) is 0 Å². The number of hydrogen-bond donors (Lipinski definition) is 3. The van der Waals surface area contributed by atoms with Gasteiger partial charge in [0.25, 0.3) is 0 Å². The molecule has 1 aliphatic heterocycles. The molecule has 1 saturated heterocycles. The summed E-state index contributed by atoms with van der Waals surface area (Å²) in [5.41, 5.74) is 0.928. The van der Waals surface area contributed by atoms with Crippen LogP contribution in [0.3, 0.4) is 0 Å². The number of likely N-dealkylation sites (tertiary alicyclic amines) is 1. The zero-order chi connectivity index (χ0) is 24.1. The molecule has 0 aliphatic carbocycles. The number of methoxy groups -OCH3 is 2. The van der Waals surface area contributed by atoms with Gasteiger partial charge in [-0.05, 0) is 33.2 Å². The first-order valence-electron chi connectivity index (χ1n) is 10.5. The third-order valence-electron chi connectivity index (χ3n) is 5.53. The Labute approximate surface area is 195 Å². The Hall–Kier alpha value is -3.18. The highest BCUT2D eigenvalue weighted by molar-refractivity contribution is 7.15. The molecule has 2 aromatic rings. The van der Waals surface area contributed by atoms with Gasteiger partial charge in [0, 0.05) is 23.6 Å². The van der Waals surface area contributed by atoms with E-state index in [1.54, 1.807) is 0 Å². The third-order valence-corrected chi connectivity index (χ3v) is 6.52. The molecule has 3 N–H and O–H groups in total. The van der Waals surface area contributed by atoms with E-state index in [0.717, 1.165) is 17.0 Å². The van der Waals surface area contributed by atoms with Crippen LogP contribution in [0.2, 0.25) is 0 Å². The first-order valence-corrected chi connectivity index (χ1v) is 11.3. The number of aryl methyl sites for hydroxylation is 2. The fourth-order valence-electron chi connectivity index (χ4n) is 3.70. The average molecular weight is 477 g/mol. The Kier molecular flexibility index (Phi) is 7.88. The third kappa shape index (κ3) is 5.99. The number of aromatic carboxylic acids is 1. The van der Waals surface area contributed by atoms with E-state index >= 15 is 0 Å². The summed E-state index contributed by atoms with van der Waals surface area (Å²) in [7, 11) is 2.84. The standard InChI is InChI=1S/C22H28N4O6S/c1-12-13(2)33-22(23-12)25-19(27)11-26-7-5-6-14(10-26)20(28)24-16-9-18(32-4)17(31-3)8-15(16)21(29)30/h8-9,14H,5-7,10-11H2,1-4H3,(H,24,28)(H,29,30)(H,23,25,27). The van der Waals surface area contributed by atoms with E-state index in [0.29, 0.717) is 30.4 Å². The highest BCUT2D eigenvalue weighted by Gasteiger charge is 2.28. The van der Waals surface area contributed by atoms with Crippen LogP contribution in [0.1, 0.15) is 33.8 Å². The quantitative estimate of drug-likeness (QED) is 0.530. The molecule has 0 spiro atoms. The molecule has 0 bridgehead atoms. The van der Waals surface area contributed by atoms with Crippen molar-refractivity contribution in [3.05, 3.63) is 28.3 Å². The second-order valence-electron chi connectivity index (χ2n) is 7.83. The lowest BCUT2D eigenvalue weighted by molar-refractivity contribution is -0.123. The summed E-state index contributed by atoms with van der Waals surface area (Å²) in [6.45, 7) is 5.08. The number of piperidine rings is 1. The van der Waals surface area contributed by atoms with Crippen molar-refractivity contribution in [2.24, 2.45) is 5.92 Å². The molecular weight excluding hydrogens is 448 g/mol. The number of aromatic nitrogens is 1. The lowest BCUT2D eigenvalue weighted by atomic mass is 9.96. The van der Waals surface area contributed by atoms with Gasteiger partial charge in [0.1, 0.15) is 0 Å². The zero-order valence-corrected chi connectivity index (χ0v) is 19.9. The van der Waals surface area contributed by atoms with Crippen LogP contribution >= 0.6 is 11.3 Å². The minimum absolute atomic E-state index is 0.0953. The van der Waals surface area contributed by atoms with E-state index < -0.39 is 5.97 Å². The van der Waals surface area contributed by atoms with E-state index in [1.807, 2.05) is 18.7 Å².